The zero-order chi connectivity index (χ0) is 13.4. The van der Waals surface area contributed by atoms with E-state index in [1.165, 1.54) is 18.4 Å². The van der Waals surface area contributed by atoms with Gasteiger partial charge in [0.05, 0.1) is 5.92 Å². The molecular weight excluding hydrogens is 272 g/mol. The van der Waals surface area contributed by atoms with E-state index in [2.05, 4.69) is 24.4 Å². The van der Waals surface area contributed by atoms with Gasteiger partial charge in [0.15, 0.2) is 0 Å². The van der Waals surface area contributed by atoms with Crippen LogP contribution in [0.3, 0.4) is 0 Å². The molecule has 1 aromatic rings. The van der Waals surface area contributed by atoms with E-state index in [1.807, 2.05) is 12.1 Å². The van der Waals surface area contributed by atoms with Crippen molar-refractivity contribution in [2.24, 2.45) is 23.5 Å². The third-order valence-electron chi connectivity index (χ3n) is 4.91. The van der Waals surface area contributed by atoms with Gasteiger partial charge in [0.1, 0.15) is 0 Å². The van der Waals surface area contributed by atoms with Crippen molar-refractivity contribution < 1.29 is 4.79 Å². The van der Waals surface area contributed by atoms with Crippen LogP contribution in [-0.4, -0.2) is 11.9 Å². The lowest BCUT2D eigenvalue weighted by Gasteiger charge is -2.27. The van der Waals surface area contributed by atoms with E-state index in [9.17, 15) is 4.79 Å². The second-order valence-electron chi connectivity index (χ2n) is 5.98. The van der Waals surface area contributed by atoms with Gasteiger partial charge in [0.2, 0.25) is 5.91 Å². The summed E-state index contributed by atoms with van der Waals surface area (Å²) >= 11 is 0. The Bertz CT molecular complexity index is 472. The normalized spacial score (nSPS) is 30.9. The monoisotopic (exact) mass is 294 g/mol. The summed E-state index contributed by atoms with van der Waals surface area (Å²) in [7, 11) is 0. The molecule has 0 aromatic heterocycles. The molecule has 2 saturated carbocycles. The van der Waals surface area contributed by atoms with E-state index in [1.54, 1.807) is 0 Å². The minimum atomic E-state index is 0. The van der Waals surface area contributed by atoms with E-state index < -0.39 is 0 Å². The standard InChI is InChI=1S/C16H22N2O.ClH/c1-2-10-3-7-13(8-4-10)18-16(19)14-11-5-6-12(9-11)15(14)17;/h3-4,7-8,11-12,14-15H,2,5-6,9,17H2,1H3,(H,18,19);1H. The van der Waals surface area contributed by atoms with Gasteiger partial charge < -0.3 is 11.1 Å². The number of carbonyl (C=O) groups excluding carboxylic acids is 1. The van der Waals surface area contributed by atoms with Gasteiger partial charge >= 0.3 is 0 Å². The Morgan fingerprint density at radius 2 is 1.90 bits per heavy atom. The second-order valence-corrected chi connectivity index (χ2v) is 5.98. The lowest BCUT2D eigenvalue weighted by atomic mass is 9.84. The van der Waals surface area contributed by atoms with Crippen molar-refractivity contribution in [3.63, 3.8) is 0 Å². The maximum atomic E-state index is 12.4. The number of fused-ring (bicyclic) bond motifs is 2. The third kappa shape index (κ3) is 2.70. The number of hydrogen-bond acceptors (Lipinski definition) is 2. The maximum Gasteiger partial charge on any atom is 0.229 e. The first-order valence-corrected chi connectivity index (χ1v) is 7.34. The van der Waals surface area contributed by atoms with Crippen LogP contribution >= 0.6 is 12.4 Å². The molecule has 0 aliphatic heterocycles. The van der Waals surface area contributed by atoms with E-state index in [-0.39, 0.29) is 30.3 Å². The van der Waals surface area contributed by atoms with Crippen molar-refractivity contribution in [3.05, 3.63) is 29.8 Å². The van der Waals surface area contributed by atoms with Crippen molar-refractivity contribution in [3.8, 4) is 0 Å². The lowest BCUT2D eigenvalue weighted by Crippen LogP contribution is -2.42. The third-order valence-corrected chi connectivity index (χ3v) is 4.91. The Morgan fingerprint density at radius 1 is 1.25 bits per heavy atom. The van der Waals surface area contributed by atoms with E-state index in [4.69, 9.17) is 5.73 Å². The van der Waals surface area contributed by atoms with Crippen molar-refractivity contribution in [1.82, 2.24) is 0 Å². The van der Waals surface area contributed by atoms with Crippen molar-refractivity contribution in [1.29, 1.82) is 0 Å². The lowest BCUT2D eigenvalue weighted by molar-refractivity contribution is -0.121. The van der Waals surface area contributed by atoms with Crippen LogP contribution in [0.15, 0.2) is 24.3 Å². The first-order valence-electron chi connectivity index (χ1n) is 7.34. The molecular formula is C16H23ClN2O. The average Bonchev–Trinajstić information content (AvgIpc) is 3.00. The summed E-state index contributed by atoms with van der Waals surface area (Å²) in [5.41, 5.74) is 8.38. The Kier molecular flexibility index (Phi) is 4.71. The zero-order valence-electron chi connectivity index (χ0n) is 11.8. The molecule has 0 heterocycles. The summed E-state index contributed by atoms with van der Waals surface area (Å²) in [5.74, 6) is 1.21. The number of carbonyl (C=O) groups is 1. The number of anilines is 1. The van der Waals surface area contributed by atoms with Crippen LogP contribution in [0, 0.1) is 17.8 Å². The number of rotatable bonds is 3. The quantitative estimate of drug-likeness (QED) is 0.900. The summed E-state index contributed by atoms with van der Waals surface area (Å²) in [6, 6.07) is 8.16. The van der Waals surface area contributed by atoms with Crippen LogP contribution in [0.1, 0.15) is 31.7 Å². The Morgan fingerprint density at radius 3 is 2.45 bits per heavy atom. The number of nitrogens with one attached hydrogen (secondary N) is 1. The molecule has 4 atom stereocenters. The van der Waals surface area contributed by atoms with E-state index in [0.717, 1.165) is 18.5 Å². The van der Waals surface area contributed by atoms with Gasteiger partial charge in [-0.05, 0) is 55.2 Å². The molecule has 2 aliphatic rings. The summed E-state index contributed by atoms with van der Waals surface area (Å²) in [4.78, 5) is 12.4. The number of halogens is 1. The number of nitrogens with two attached hydrogens (primary N) is 1. The summed E-state index contributed by atoms with van der Waals surface area (Å²) in [6.07, 6.45) is 4.55. The molecule has 1 amide bonds. The molecule has 3 rings (SSSR count). The van der Waals surface area contributed by atoms with Crippen LogP contribution < -0.4 is 11.1 Å². The molecule has 0 radical (unpaired) electrons. The highest BCUT2D eigenvalue weighted by Gasteiger charge is 2.49. The molecule has 0 spiro atoms. The van der Waals surface area contributed by atoms with Gasteiger partial charge in [-0.25, -0.2) is 0 Å². The highest BCUT2D eigenvalue weighted by Crippen LogP contribution is 2.47. The number of benzene rings is 1. The molecule has 1 aromatic carbocycles. The number of hydrogen-bond donors (Lipinski definition) is 2. The Hall–Kier alpha value is -1.06. The fourth-order valence-corrected chi connectivity index (χ4v) is 3.77. The van der Waals surface area contributed by atoms with Crippen LogP contribution in [-0.2, 0) is 11.2 Å². The molecule has 2 bridgehead atoms. The Balaban J connectivity index is 0.00000147. The molecule has 4 unspecified atom stereocenters. The van der Waals surface area contributed by atoms with Crippen LogP contribution in [0.4, 0.5) is 5.69 Å². The maximum absolute atomic E-state index is 12.4. The summed E-state index contributed by atoms with van der Waals surface area (Å²) < 4.78 is 0. The largest absolute Gasteiger partial charge is 0.327 e. The van der Waals surface area contributed by atoms with E-state index in [0.29, 0.717) is 11.8 Å². The van der Waals surface area contributed by atoms with Crippen molar-refractivity contribution >= 4 is 24.0 Å². The van der Waals surface area contributed by atoms with Gasteiger partial charge in [-0.2, -0.15) is 0 Å². The summed E-state index contributed by atoms with van der Waals surface area (Å²) in [6.45, 7) is 2.13. The van der Waals surface area contributed by atoms with Crippen molar-refractivity contribution in [2.45, 2.75) is 38.6 Å². The molecule has 0 saturated heterocycles. The SMILES string of the molecule is CCc1ccc(NC(=O)C2C3CCC(C3)C2N)cc1.Cl. The van der Waals surface area contributed by atoms with Crippen LogP contribution in [0.25, 0.3) is 0 Å². The zero-order valence-corrected chi connectivity index (χ0v) is 12.7. The van der Waals surface area contributed by atoms with Gasteiger partial charge in [0.25, 0.3) is 0 Å². The highest BCUT2D eigenvalue weighted by atomic mass is 35.5. The second kappa shape index (κ2) is 6.15. The minimum Gasteiger partial charge on any atom is -0.327 e. The average molecular weight is 295 g/mol. The smallest absolute Gasteiger partial charge is 0.229 e. The predicted molar refractivity (Wildman–Crippen MR) is 84.0 cm³/mol. The predicted octanol–water partition coefficient (Wildman–Crippen LogP) is 2.98. The van der Waals surface area contributed by atoms with Gasteiger partial charge in [-0.3, -0.25) is 4.79 Å². The van der Waals surface area contributed by atoms with Crippen LogP contribution in [0.2, 0.25) is 0 Å². The highest BCUT2D eigenvalue weighted by molar-refractivity contribution is 5.93. The Labute approximate surface area is 126 Å². The molecule has 20 heavy (non-hydrogen) atoms. The van der Waals surface area contributed by atoms with E-state index >= 15 is 0 Å². The van der Waals surface area contributed by atoms with Gasteiger partial charge in [-0.1, -0.05) is 19.1 Å². The number of amides is 1. The molecule has 2 fully saturated rings. The number of aryl methyl sites for hydroxylation is 1. The molecule has 3 nitrogen and oxygen atoms in total. The summed E-state index contributed by atoms with van der Waals surface area (Å²) in [5, 5.41) is 3.03. The topological polar surface area (TPSA) is 55.1 Å². The fourth-order valence-electron chi connectivity index (χ4n) is 3.77. The fraction of sp³-hybridized carbons (Fsp3) is 0.562. The first-order chi connectivity index (χ1) is 9.19. The minimum absolute atomic E-state index is 0. The molecule has 4 heteroatoms. The molecule has 3 N–H and O–H groups in total. The van der Waals surface area contributed by atoms with Crippen LogP contribution in [0.5, 0.6) is 0 Å². The van der Waals surface area contributed by atoms with Gasteiger partial charge in [-0.15, -0.1) is 12.4 Å². The van der Waals surface area contributed by atoms with Crippen molar-refractivity contribution in [2.75, 3.05) is 5.32 Å². The molecule has 2 aliphatic carbocycles. The van der Waals surface area contributed by atoms with Gasteiger partial charge in [0, 0.05) is 11.7 Å². The first kappa shape index (κ1) is 15.3. The molecule has 110 valence electrons.